The number of halogens is 1. The molecule has 3 rings (SSSR count). The summed E-state index contributed by atoms with van der Waals surface area (Å²) >= 11 is 0. The number of rotatable bonds is 2. The Labute approximate surface area is 116 Å². The molecule has 3 nitrogen and oxygen atoms in total. The van der Waals surface area contributed by atoms with Crippen molar-refractivity contribution in [2.75, 3.05) is 0 Å². The van der Waals surface area contributed by atoms with Gasteiger partial charge in [-0.05, 0) is 37.3 Å². The molecule has 20 heavy (non-hydrogen) atoms. The largest absolute Gasteiger partial charge is 0.268 e. The molecule has 0 saturated heterocycles. The van der Waals surface area contributed by atoms with Crippen molar-refractivity contribution in [1.82, 2.24) is 3.97 Å². The van der Waals surface area contributed by atoms with Crippen LogP contribution in [0.3, 0.4) is 0 Å². The fraction of sp³-hybridized carbons (Fsp3) is 0.0667. The lowest BCUT2D eigenvalue weighted by molar-refractivity contribution is 0.588. The van der Waals surface area contributed by atoms with Crippen LogP contribution < -0.4 is 0 Å². The van der Waals surface area contributed by atoms with Gasteiger partial charge in [0.2, 0.25) is 0 Å². The van der Waals surface area contributed by atoms with Crippen LogP contribution in [0.15, 0.2) is 59.5 Å². The summed E-state index contributed by atoms with van der Waals surface area (Å²) in [6.07, 6.45) is 0. The van der Waals surface area contributed by atoms with Crippen LogP contribution in [0.1, 0.15) is 5.69 Å². The van der Waals surface area contributed by atoms with Gasteiger partial charge < -0.3 is 0 Å². The average Bonchev–Trinajstić information content (AvgIpc) is 2.78. The van der Waals surface area contributed by atoms with E-state index in [9.17, 15) is 12.8 Å². The van der Waals surface area contributed by atoms with Gasteiger partial charge >= 0.3 is 0 Å². The van der Waals surface area contributed by atoms with Gasteiger partial charge in [0.05, 0.1) is 10.4 Å². The summed E-state index contributed by atoms with van der Waals surface area (Å²) in [4.78, 5) is 0.185. The number of fused-ring (bicyclic) bond motifs is 1. The van der Waals surface area contributed by atoms with Crippen molar-refractivity contribution in [3.8, 4) is 0 Å². The molecule has 0 atom stereocenters. The summed E-state index contributed by atoms with van der Waals surface area (Å²) < 4.78 is 40.3. The molecule has 0 saturated carbocycles. The van der Waals surface area contributed by atoms with Crippen LogP contribution in [0.4, 0.5) is 4.39 Å². The van der Waals surface area contributed by atoms with E-state index in [1.807, 2.05) is 0 Å². The lowest BCUT2D eigenvalue weighted by atomic mass is 10.2. The summed E-state index contributed by atoms with van der Waals surface area (Å²) in [6.45, 7) is 1.65. The van der Waals surface area contributed by atoms with Gasteiger partial charge in [-0.15, -0.1) is 0 Å². The molecule has 0 fully saturated rings. The van der Waals surface area contributed by atoms with Crippen LogP contribution in [-0.2, 0) is 10.0 Å². The molecule has 1 heterocycles. The highest BCUT2D eigenvalue weighted by Gasteiger charge is 2.21. The van der Waals surface area contributed by atoms with E-state index in [0.717, 1.165) is 0 Å². The lowest BCUT2D eigenvalue weighted by Gasteiger charge is -2.09. The topological polar surface area (TPSA) is 39.1 Å². The minimum Gasteiger partial charge on any atom is -0.238 e. The molecule has 0 amide bonds. The average molecular weight is 289 g/mol. The third-order valence-corrected chi connectivity index (χ3v) is 5.04. The standard InChI is InChI=1S/C15H12FNO2S/c1-11-10-13-14(16)8-5-9-15(13)17(11)20(18,19)12-6-3-2-4-7-12/h2-10H,1H3. The van der Waals surface area contributed by atoms with Crippen molar-refractivity contribution in [2.45, 2.75) is 11.8 Å². The minimum absolute atomic E-state index is 0.185. The second-order valence-electron chi connectivity index (χ2n) is 4.54. The van der Waals surface area contributed by atoms with Crippen molar-refractivity contribution >= 4 is 20.9 Å². The van der Waals surface area contributed by atoms with Crippen LogP contribution in [0.5, 0.6) is 0 Å². The van der Waals surface area contributed by atoms with Crippen molar-refractivity contribution in [2.24, 2.45) is 0 Å². The Hall–Kier alpha value is -2.14. The summed E-state index contributed by atoms with van der Waals surface area (Å²) in [5.41, 5.74) is 0.834. The van der Waals surface area contributed by atoms with E-state index in [1.165, 1.54) is 28.2 Å². The molecule has 0 aliphatic heterocycles. The first-order valence-electron chi connectivity index (χ1n) is 6.09. The number of benzene rings is 2. The molecule has 3 aromatic rings. The van der Waals surface area contributed by atoms with Crippen molar-refractivity contribution < 1.29 is 12.8 Å². The van der Waals surface area contributed by atoms with Gasteiger partial charge in [0.25, 0.3) is 10.0 Å². The molecule has 0 bridgehead atoms. The number of aromatic nitrogens is 1. The van der Waals surface area contributed by atoms with Crippen molar-refractivity contribution in [3.63, 3.8) is 0 Å². The molecular formula is C15H12FNO2S. The number of nitrogens with zero attached hydrogens (tertiary/aromatic N) is 1. The zero-order chi connectivity index (χ0) is 14.3. The third kappa shape index (κ3) is 1.82. The fourth-order valence-corrected chi connectivity index (χ4v) is 3.88. The number of hydrogen-bond donors (Lipinski definition) is 0. The molecule has 0 unspecified atom stereocenters. The predicted octanol–water partition coefficient (Wildman–Crippen LogP) is 3.33. The van der Waals surface area contributed by atoms with E-state index in [2.05, 4.69) is 0 Å². The highest BCUT2D eigenvalue weighted by Crippen LogP contribution is 2.26. The Morgan fingerprint density at radius 3 is 2.40 bits per heavy atom. The molecule has 2 aromatic carbocycles. The lowest BCUT2D eigenvalue weighted by Crippen LogP contribution is -2.14. The monoisotopic (exact) mass is 289 g/mol. The highest BCUT2D eigenvalue weighted by atomic mass is 32.2. The first-order chi connectivity index (χ1) is 9.51. The summed E-state index contributed by atoms with van der Waals surface area (Å²) in [6, 6.07) is 14.1. The quantitative estimate of drug-likeness (QED) is 0.726. The first kappa shape index (κ1) is 12.9. The normalized spacial score (nSPS) is 11.9. The molecule has 0 spiro atoms. The second-order valence-corrected chi connectivity index (χ2v) is 6.33. The van der Waals surface area contributed by atoms with Gasteiger partial charge in [-0.25, -0.2) is 16.8 Å². The molecule has 0 radical (unpaired) electrons. The molecular weight excluding hydrogens is 277 g/mol. The summed E-state index contributed by atoms with van der Waals surface area (Å²) in [5, 5.41) is 0.310. The van der Waals surface area contributed by atoms with Crippen LogP contribution in [-0.4, -0.2) is 12.4 Å². The predicted molar refractivity (Wildman–Crippen MR) is 75.7 cm³/mol. The van der Waals surface area contributed by atoms with Gasteiger partial charge in [0, 0.05) is 11.1 Å². The Balaban J connectivity index is 2.36. The maximum absolute atomic E-state index is 13.8. The van der Waals surface area contributed by atoms with Crippen molar-refractivity contribution in [1.29, 1.82) is 0 Å². The van der Waals surface area contributed by atoms with Gasteiger partial charge in [0.15, 0.2) is 0 Å². The van der Waals surface area contributed by atoms with Gasteiger partial charge in [-0.3, -0.25) is 0 Å². The first-order valence-corrected chi connectivity index (χ1v) is 7.53. The van der Waals surface area contributed by atoms with E-state index in [-0.39, 0.29) is 4.90 Å². The van der Waals surface area contributed by atoms with E-state index < -0.39 is 15.8 Å². The Bertz CT molecular complexity index is 883. The van der Waals surface area contributed by atoms with Crippen LogP contribution in [0, 0.1) is 12.7 Å². The number of aryl methyl sites for hydroxylation is 1. The summed E-state index contributed by atoms with van der Waals surface area (Å²) in [7, 11) is -3.72. The second kappa shape index (κ2) is 4.45. The summed E-state index contributed by atoms with van der Waals surface area (Å²) in [5.74, 6) is -0.424. The molecule has 1 aromatic heterocycles. The van der Waals surface area contributed by atoms with E-state index in [4.69, 9.17) is 0 Å². The number of hydrogen-bond acceptors (Lipinski definition) is 2. The molecule has 0 N–H and O–H groups in total. The van der Waals surface area contributed by atoms with Gasteiger partial charge in [-0.1, -0.05) is 24.3 Å². The third-order valence-electron chi connectivity index (χ3n) is 3.20. The van der Waals surface area contributed by atoms with E-state index in [1.54, 1.807) is 37.3 Å². The van der Waals surface area contributed by atoms with Crippen LogP contribution in [0.25, 0.3) is 10.9 Å². The van der Waals surface area contributed by atoms with E-state index >= 15 is 0 Å². The smallest absolute Gasteiger partial charge is 0.238 e. The van der Waals surface area contributed by atoms with Gasteiger partial charge in [0.1, 0.15) is 5.82 Å². The highest BCUT2D eigenvalue weighted by molar-refractivity contribution is 7.90. The Morgan fingerprint density at radius 2 is 1.70 bits per heavy atom. The molecule has 102 valence electrons. The maximum atomic E-state index is 13.8. The fourth-order valence-electron chi connectivity index (χ4n) is 2.32. The van der Waals surface area contributed by atoms with Crippen molar-refractivity contribution in [3.05, 3.63) is 66.1 Å². The van der Waals surface area contributed by atoms with Crippen LogP contribution >= 0.6 is 0 Å². The molecule has 5 heteroatoms. The van der Waals surface area contributed by atoms with Crippen LogP contribution in [0.2, 0.25) is 0 Å². The zero-order valence-corrected chi connectivity index (χ0v) is 11.6. The Kier molecular flexibility index (Phi) is 2.87. The van der Waals surface area contributed by atoms with E-state index in [0.29, 0.717) is 16.6 Å². The molecule has 0 aliphatic carbocycles. The minimum atomic E-state index is -3.72. The maximum Gasteiger partial charge on any atom is 0.268 e. The van der Waals surface area contributed by atoms with Gasteiger partial charge in [-0.2, -0.15) is 0 Å². The Morgan fingerprint density at radius 1 is 1.00 bits per heavy atom. The molecule has 0 aliphatic rings. The SMILES string of the molecule is Cc1cc2c(F)cccc2n1S(=O)(=O)c1ccccc1. The zero-order valence-electron chi connectivity index (χ0n) is 10.7.